The average Bonchev–Trinajstić information content (AvgIpc) is 2.77. The SMILES string of the molecule is C=CCC[C@H]1CN1S(=O)(=O)C(C)(C)C. The van der Waals surface area contributed by atoms with Crippen molar-refractivity contribution < 1.29 is 8.42 Å². The van der Waals surface area contributed by atoms with Crippen molar-refractivity contribution >= 4 is 10.0 Å². The van der Waals surface area contributed by atoms with Crippen LogP contribution < -0.4 is 0 Å². The minimum Gasteiger partial charge on any atom is -0.212 e. The molecule has 82 valence electrons. The van der Waals surface area contributed by atoms with E-state index in [1.54, 1.807) is 25.1 Å². The Kier molecular flexibility index (Phi) is 3.07. The maximum absolute atomic E-state index is 11.9. The van der Waals surface area contributed by atoms with Gasteiger partial charge in [0.05, 0.1) is 4.75 Å². The molecule has 3 nitrogen and oxygen atoms in total. The van der Waals surface area contributed by atoms with Gasteiger partial charge in [0.2, 0.25) is 10.0 Å². The molecule has 0 N–H and O–H groups in total. The van der Waals surface area contributed by atoms with Crippen LogP contribution in [0.5, 0.6) is 0 Å². The molecule has 0 saturated carbocycles. The van der Waals surface area contributed by atoms with Crippen LogP contribution in [0.1, 0.15) is 33.6 Å². The van der Waals surface area contributed by atoms with Gasteiger partial charge in [0.15, 0.2) is 0 Å². The van der Waals surface area contributed by atoms with Gasteiger partial charge in [-0.25, -0.2) is 8.42 Å². The fraction of sp³-hybridized carbons (Fsp3) is 0.800. The molecule has 4 heteroatoms. The summed E-state index contributed by atoms with van der Waals surface area (Å²) in [7, 11) is -3.08. The lowest BCUT2D eigenvalue weighted by Crippen LogP contribution is -2.34. The van der Waals surface area contributed by atoms with E-state index in [2.05, 4.69) is 6.58 Å². The highest BCUT2D eigenvalue weighted by Crippen LogP contribution is 2.33. The third-order valence-electron chi connectivity index (χ3n) is 2.45. The van der Waals surface area contributed by atoms with Crippen LogP contribution in [0.25, 0.3) is 0 Å². The van der Waals surface area contributed by atoms with Crippen molar-refractivity contribution in [2.45, 2.75) is 44.4 Å². The Morgan fingerprint density at radius 2 is 2.07 bits per heavy atom. The maximum Gasteiger partial charge on any atom is 0.219 e. The second-order valence-electron chi connectivity index (χ2n) is 4.71. The highest BCUT2D eigenvalue weighted by molar-refractivity contribution is 7.90. The topological polar surface area (TPSA) is 37.1 Å². The molecule has 1 rings (SSSR count). The fourth-order valence-electron chi connectivity index (χ4n) is 1.35. The normalized spacial score (nSPS) is 27.4. The van der Waals surface area contributed by atoms with E-state index in [1.807, 2.05) is 6.08 Å². The lowest BCUT2D eigenvalue weighted by Gasteiger charge is -2.20. The lowest BCUT2D eigenvalue weighted by atomic mass is 10.2. The third-order valence-corrected chi connectivity index (χ3v) is 5.06. The smallest absolute Gasteiger partial charge is 0.212 e. The molecule has 2 atom stereocenters. The summed E-state index contributed by atoms with van der Waals surface area (Å²) in [6.45, 7) is 9.54. The van der Waals surface area contributed by atoms with Crippen molar-refractivity contribution in [1.82, 2.24) is 4.31 Å². The van der Waals surface area contributed by atoms with Crippen molar-refractivity contribution in [1.29, 1.82) is 0 Å². The fourth-order valence-corrected chi connectivity index (χ4v) is 2.92. The Hall–Kier alpha value is -0.350. The quantitative estimate of drug-likeness (QED) is 0.531. The molecular formula is C10H19NO2S. The zero-order chi connectivity index (χ0) is 11.0. The van der Waals surface area contributed by atoms with Crippen LogP contribution in [0, 0.1) is 0 Å². The predicted octanol–water partition coefficient (Wildman–Crippen LogP) is 1.77. The van der Waals surface area contributed by atoms with Gasteiger partial charge in [-0.05, 0) is 33.6 Å². The molecule has 0 aliphatic carbocycles. The van der Waals surface area contributed by atoms with Crippen LogP contribution in [0.3, 0.4) is 0 Å². The Morgan fingerprint density at radius 3 is 2.50 bits per heavy atom. The molecule has 1 saturated heterocycles. The first-order valence-electron chi connectivity index (χ1n) is 4.93. The van der Waals surface area contributed by atoms with Gasteiger partial charge in [-0.3, -0.25) is 0 Å². The molecule has 0 amide bonds. The van der Waals surface area contributed by atoms with Gasteiger partial charge in [-0.2, -0.15) is 4.31 Å². The largest absolute Gasteiger partial charge is 0.219 e. The van der Waals surface area contributed by atoms with Gasteiger partial charge in [-0.1, -0.05) is 6.08 Å². The van der Waals surface area contributed by atoms with Crippen molar-refractivity contribution in [2.75, 3.05) is 6.54 Å². The molecule has 0 aromatic heterocycles. The van der Waals surface area contributed by atoms with E-state index in [0.29, 0.717) is 6.54 Å². The Bertz CT molecular complexity index is 314. The summed E-state index contributed by atoms with van der Waals surface area (Å²) in [6.07, 6.45) is 3.62. The van der Waals surface area contributed by atoms with Crippen LogP contribution in [-0.4, -0.2) is 30.1 Å². The van der Waals surface area contributed by atoms with Crippen LogP contribution >= 0.6 is 0 Å². The minimum atomic E-state index is -3.08. The van der Waals surface area contributed by atoms with E-state index in [0.717, 1.165) is 12.8 Å². The van der Waals surface area contributed by atoms with Gasteiger partial charge in [-0.15, -0.1) is 6.58 Å². The monoisotopic (exact) mass is 217 g/mol. The zero-order valence-corrected chi connectivity index (χ0v) is 9.97. The number of hydrogen-bond donors (Lipinski definition) is 0. The van der Waals surface area contributed by atoms with Crippen molar-refractivity contribution in [3.8, 4) is 0 Å². The van der Waals surface area contributed by atoms with Gasteiger partial charge in [0, 0.05) is 12.6 Å². The van der Waals surface area contributed by atoms with Crippen LogP contribution in [0.4, 0.5) is 0 Å². The molecule has 0 radical (unpaired) electrons. The minimum absolute atomic E-state index is 0.220. The highest BCUT2D eigenvalue weighted by atomic mass is 32.2. The second-order valence-corrected chi connectivity index (χ2v) is 7.35. The summed E-state index contributed by atoms with van der Waals surface area (Å²) in [5.41, 5.74) is 0. The number of hydrogen-bond acceptors (Lipinski definition) is 2. The molecule has 1 heterocycles. The van der Waals surface area contributed by atoms with Gasteiger partial charge in [0.25, 0.3) is 0 Å². The molecule has 1 aliphatic rings. The third kappa shape index (κ3) is 2.17. The zero-order valence-electron chi connectivity index (χ0n) is 9.16. The molecule has 1 unspecified atom stereocenters. The number of rotatable bonds is 4. The van der Waals surface area contributed by atoms with E-state index in [1.165, 1.54) is 0 Å². The summed E-state index contributed by atoms with van der Waals surface area (Å²) in [5, 5.41) is 0. The van der Waals surface area contributed by atoms with Gasteiger partial charge >= 0.3 is 0 Å². The molecule has 14 heavy (non-hydrogen) atoms. The number of sulfonamides is 1. The molecule has 1 fully saturated rings. The van der Waals surface area contributed by atoms with Gasteiger partial charge in [0.1, 0.15) is 0 Å². The van der Waals surface area contributed by atoms with E-state index in [4.69, 9.17) is 0 Å². The van der Waals surface area contributed by atoms with Crippen molar-refractivity contribution in [3.05, 3.63) is 12.7 Å². The number of nitrogens with zero attached hydrogens (tertiary/aromatic N) is 1. The Morgan fingerprint density at radius 1 is 1.50 bits per heavy atom. The second kappa shape index (κ2) is 3.66. The van der Waals surface area contributed by atoms with Crippen LogP contribution in [0.15, 0.2) is 12.7 Å². The lowest BCUT2D eigenvalue weighted by molar-refractivity contribution is 0.512. The summed E-state index contributed by atoms with van der Waals surface area (Å²) in [4.78, 5) is 0. The molecule has 0 aromatic carbocycles. The van der Waals surface area contributed by atoms with E-state index < -0.39 is 14.8 Å². The van der Waals surface area contributed by atoms with Crippen molar-refractivity contribution in [3.63, 3.8) is 0 Å². The van der Waals surface area contributed by atoms with Crippen LogP contribution in [-0.2, 0) is 10.0 Å². The molecular weight excluding hydrogens is 198 g/mol. The molecule has 0 bridgehead atoms. The highest BCUT2D eigenvalue weighted by Gasteiger charge is 2.48. The Balaban J connectivity index is 2.59. The summed E-state index contributed by atoms with van der Waals surface area (Å²) in [6, 6.07) is 0.220. The summed E-state index contributed by atoms with van der Waals surface area (Å²) in [5.74, 6) is 0. The Labute approximate surface area is 86.8 Å². The maximum atomic E-state index is 11.9. The molecule has 1 aliphatic heterocycles. The number of allylic oxidation sites excluding steroid dienone is 1. The first kappa shape index (κ1) is 11.7. The molecule has 0 aromatic rings. The van der Waals surface area contributed by atoms with Crippen molar-refractivity contribution in [2.24, 2.45) is 0 Å². The van der Waals surface area contributed by atoms with Crippen LogP contribution in [0.2, 0.25) is 0 Å². The average molecular weight is 217 g/mol. The summed E-state index contributed by atoms with van der Waals surface area (Å²) < 4.78 is 24.7. The first-order chi connectivity index (χ1) is 6.30. The van der Waals surface area contributed by atoms with E-state index in [-0.39, 0.29) is 6.04 Å². The van der Waals surface area contributed by atoms with E-state index in [9.17, 15) is 8.42 Å². The molecule has 0 spiro atoms. The summed E-state index contributed by atoms with van der Waals surface area (Å²) >= 11 is 0. The van der Waals surface area contributed by atoms with E-state index >= 15 is 0 Å². The first-order valence-corrected chi connectivity index (χ1v) is 6.37. The predicted molar refractivity (Wildman–Crippen MR) is 58.6 cm³/mol. The standard InChI is InChI=1S/C10H19NO2S/c1-5-6-7-9-8-11(9)14(12,13)10(2,3)4/h5,9H,1,6-8H2,2-4H3/t9-,11?/m0/s1. The van der Waals surface area contributed by atoms with Gasteiger partial charge < -0.3 is 0 Å².